The zero-order valence-electron chi connectivity index (χ0n) is 17.1. The van der Waals surface area contributed by atoms with E-state index in [1.54, 1.807) is 0 Å². The predicted molar refractivity (Wildman–Crippen MR) is 120 cm³/mol. The Bertz CT molecular complexity index is 642. The third-order valence-electron chi connectivity index (χ3n) is 4.84. The number of carbonyl (C=O) groups excluding carboxylic acids is 1. The van der Waals surface area contributed by atoms with E-state index in [0.717, 1.165) is 18.2 Å². The number of carbonyl (C=O) groups is 1. The number of hydrogen-bond donors (Lipinski definition) is 0. The topological polar surface area (TPSA) is 26.3 Å². The van der Waals surface area contributed by atoms with Crippen LogP contribution in [0.2, 0.25) is 5.32 Å². The first-order valence-corrected chi connectivity index (χ1v) is 12.8. The van der Waals surface area contributed by atoms with Crippen LogP contribution in [0.4, 0.5) is 0 Å². The minimum atomic E-state index is -0.186. The van der Waals surface area contributed by atoms with Gasteiger partial charge in [0, 0.05) is 0 Å². The van der Waals surface area contributed by atoms with E-state index in [-0.39, 0.29) is 12.1 Å². The molecule has 0 heterocycles. The molecule has 0 saturated heterocycles. The summed E-state index contributed by atoms with van der Waals surface area (Å²) in [6, 6.07) is 19.9. The second-order valence-electron chi connectivity index (χ2n) is 7.28. The molecule has 152 valence electrons. The minimum absolute atomic E-state index is 0.0213. The van der Waals surface area contributed by atoms with Crippen LogP contribution in [-0.4, -0.2) is 27.0 Å². The Morgan fingerprint density at radius 2 is 1.39 bits per heavy atom. The van der Waals surface area contributed by atoms with E-state index in [2.05, 4.69) is 31.2 Å². The molecule has 0 bridgehead atoms. The van der Waals surface area contributed by atoms with Crippen molar-refractivity contribution in [3.05, 3.63) is 66.2 Å². The molecule has 2 aromatic carbocycles. The third-order valence-corrected chi connectivity index (χ3v) is 7.24. The van der Waals surface area contributed by atoms with Crippen molar-refractivity contribution >= 4 is 25.4 Å². The predicted octanol–water partition coefficient (Wildman–Crippen LogP) is 6.19. The standard InChI is InChI=1S/C25H34O2Se/c1-2-3-4-5-6-7-8-13-18-23(21-28-24-19-14-10-15-20-24)27-25(26)22-16-11-9-12-17-22/h9-12,14-17,19-20,23H,2-8,13,18,21H2,1H3. The molecule has 0 fully saturated rings. The Balaban J connectivity index is 1.77. The molecular formula is C25H34O2Se. The quantitative estimate of drug-likeness (QED) is 0.197. The first-order chi connectivity index (χ1) is 13.8. The second kappa shape index (κ2) is 14.4. The van der Waals surface area contributed by atoms with Gasteiger partial charge in [0.15, 0.2) is 0 Å². The SMILES string of the molecule is CCCCCCCCCCC(C[Se]c1ccccc1)OC(=O)c1ccccc1. The summed E-state index contributed by atoms with van der Waals surface area (Å²) in [4.78, 5) is 12.5. The molecule has 1 unspecified atom stereocenters. The molecule has 0 saturated carbocycles. The second-order valence-corrected chi connectivity index (χ2v) is 9.58. The first kappa shape index (κ1) is 22.7. The molecule has 2 nitrogen and oxygen atoms in total. The Labute approximate surface area is 177 Å². The molecular weight excluding hydrogens is 411 g/mol. The summed E-state index contributed by atoms with van der Waals surface area (Å²) < 4.78 is 7.26. The van der Waals surface area contributed by atoms with Gasteiger partial charge in [-0.25, -0.2) is 0 Å². The monoisotopic (exact) mass is 446 g/mol. The third kappa shape index (κ3) is 9.57. The van der Waals surface area contributed by atoms with Gasteiger partial charge >= 0.3 is 177 Å². The van der Waals surface area contributed by atoms with Gasteiger partial charge in [-0.1, -0.05) is 0 Å². The summed E-state index contributed by atoms with van der Waals surface area (Å²) in [7, 11) is 0. The molecule has 0 aromatic heterocycles. The van der Waals surface area contributed by atoms with Crippen LogP contribution in [0.1, 0.15) is 75.1 Å². The number of ether oxygens (including phenoxy) is 1. The van der Waals surface area contributed by atoms with Crippen molar-refractivity contribution in [1.82, 2.24) is 0 Å². The molecule has 0 aliphatic carbocycles. The molecule has 0 spiro atoms. The molecule has 0 radical (unpaired) electrons. The number of benzene rings is 2. The van der Waals surface area contributed by atoms with E-state index in [0.29, 0.717) is 20.5 Å². The van der Waals surface area contributed by atoms with Crippen molar-refractivity contribution in [2.45, 2.75) is 76.1 Å². The molecule has 1 atom stereocenters. The Kier molecular flexibility index (Phi) is 11.7. The van der Waals surface area contributed by atoms with Crippen molar-refractivity contribution in [2.24, 2.45) is 0 Å². The van der Waals surface area contributed by atoms with Gasteiger partial charge in [0.1, 0.15) is 0 Å². The summed E-state index contributed by atoms with van der Waals surface area (Å²) in [5.74, 6) is -0.186. The van der Waals surface area contributed by atoms with Gasteiger partial charge in [-0.3, -0.25) is 0 Å². The van der Waals surface area contributed by atoms with Crippen LogP contribution in [-0.2, 0) is 4.74 Å². The van der Waals surface area contributed by atoms with E-state index in [9.17, 15) is 4.79 Å². The van der Waals surface area contributed by atoms with Gasteiger partial charge < -0.3 is 0 Å². The Morgan fingerprint density at radius 3 is 2.04 bits per heavy atom. The molecule has 0 amide bonds. The first-order valence-electron chi connectivity index (χ1n) is 10.7. The molecule has 0 N–H and O–H groups in total. The fourth-order valence-electron chi connectivity index (χ4n) is 3.18. The van der Waals surface area contributed by atoms with Crippen LogP contribution >= 0.6 is 0 Å². The molecule has 3 heteroatoms. The molecule has 0 aliphatic rings. The summed E-state index contributed by atoms with van der Waals surface area (Å²) in [6.45, 7) is 2.26. The van der Waals surface area contributed by atoms with Gasteiger partial charge in [0.05, 0.1) is 0 Å². The van der Waals surface area contributed by atoms with Crippen LogP contribution in [0.15, 0.2) is 60.7 Å². The van der Waals surface area contributed by atoms with E-state index >= 15 is 0 Å². The van der Waals surface area contributed by atoms with E-state index in [1.807, 2.05) is 36.4 Å². The van der Waals surface area contributed by atoms with Crippen LogP contribution < -0.4 is 4.46 Å². The summed E-state index contributed by atoms with van der Waals surface area (Å²) in [5.41, 5.74) is 0.649. The van der Waals surface area contributed by atoms with Crippen LogP contribution in [0.25, 0.3) is 0 Å². The molecule has 0 aliphatic heterocycles. The van der Waals surface area contributed by atoms with Gasteiger partial charge in [-0.05, 0) is 0 Å². The maximum absolute atomic E-state index is 12.5. The van der Waals surface area contributed by atoms with Crippen LogP contribution in [0.5, 0.6) is 0 Å². The van der Waals surface area contributed by atoms with Crippen molar-refractivity contribution < 1.29 is 9.53 Å². The zero-order valence-corrected chi connectivity index (χ0v) is 18.9. The number of rotatable bonds is 14. The Hall–Kier alpha value is -1.57. The van der Waals surface area contributed by atoms with Crippen LogP contribution in [0.3, 0.4) is 0 Å². The fourth-order valence-corrected chi connectivity index (χ4v) is 5.20. The van der Waals surface area contributed by atoms with Crippen molar-refractivity contribution in [3.8, 4) is 0 Å². The number of esters is 1. The van der Waals surface area contributed by atoms with Gasteiger partial charge in [0.2, 0.25) is 0 Å². The normalized spacial score (nSPS) is 11.9. The van der Waals surface area contributed by atoms with Crippen LogP contribution in [0, 0.1) is 0 Å². The summed E-state index contributed by atoms with van der Waals surface area (Å²) in [6.07, 6.45) is 11.4. The van der Waals surface area contributed by atoms with Crippen molar-refractivity contribution in [1.29, 1.82) is 0 Å². The Morgan fingerprint density at radius 1 is 0.821 bits per heavy atom. The average Bonchev–Trinajstić information content (AvgIpc) is 2.75. The van der Waals surface area contributed by atoms with E-state index in [4.69, 9.17) is 4.74 Å². The van der Waals surface area contributed by atoms with E-state index in [1.165, 1.54) is 49.4 Å². The molecule has 28 heavy (non-hydrogen) atoms. The van der Waals surface area contributed by atoms with Gasteiger partial charge in [-0.15, -0.1) is 0 Å². The summed E-state index contributed by atoms with van der Waals surface area (Å²) in [5, 5.41) is 0.950. The van der Waals surface area contributed by atoms with E-state index < -0.39 is 0 Å². The maximum atomic E-state index is 12.5. The zero-order chi connectivity index (χ0) is 19.9. The summed E-state index contributed by atoms with van der Waals surface area (Å²) >= 11 is 0.336. The van der Waals surface area contributed by atoms with Crippen molar-refractivity contribution in [3.63, 3.8) is 0 Å². The molecule has 2 aromatic rings. The number of hydrogen-bond acceptors (Lipinski definition) is 2. The molecule has 2 rings (SSSR count). The fraction of sp³-hybridized carbons (Fsp3) is 0.480. The van der Waals surface area contributed by atoms with Crippen molar-refractivity contribution in [2.75, 3.05) is 0 Å². The van der Waals surface area contributed by atoms with Gasteiger partial charge in [0.25, 0.3) is 0 Å². The average molecular weight is 446 g/mol. The van der Waals surface area contributed by atoms with Gasteiger partial charge in [-0.2, -0.15) is 0 Å². The number of unbranched alkanes of at least 4 members (excludes halogenated alkanes) is 7.